The van der Waals surface area contributed by atoms with Gasteiger partial charge >= 0.3 is 0 Å². The van der Waals surface area contributed by atoms with Gasteiger partial charge in [-0.25, -0.2) is 0 Å². The molecule has 0 unspecified atom stereocenters. The van der Waals surface area contributed by atoms with E-state index >= 15 is 0 Å². The predicted octanol–water partition coefficient (Wildman–Crippen LogP) is 2.56. The molecule has 1 amide bonds. The van der Waals surface area contributed by atoms with Crippen LogP contribution in [0.25, 0.3) is 0 Å². The number of anilines is 1. The minimum absolute atomic E-state index is 0.213. The Bertz CT molecular complexity index is 864. The van der Waals surface area contributed by atoms with E-state index in [0.717, 1.165) is 11.1 Å². The highest BCUT2D eigenvalue weighted by molar-refractivity contribution is 6.07. The van der Waals surface area contributed by atoms with Crippen LogP contribution in [0.4, 0.5) is 5.69 Å². The maximum Gasteiger partial charge on any atom is 0.256 e. The van der Waals surface area contributed by atoms with E-state index in [1.165, 1.54) is 0 Å². The van der Waals surface area contributed by atoms with Crippen molar-refractivity contribution in [2.45, 2.75) is 37.4 Å². The van der Waals surface area contributed by atoms with Crippen LogP contribution in [0.5, 0.6) is 0 Å². The number of hydrogen-bond acceptors (Lipinski definition) is 4. The summed E-state index contributed by atoms with van der Waals surface area (Å²) < 4.78 is 0. The van der Waals surface area contributed by atoms with E-state index in [2.05, 4.69) is 10.6 Å². The van der Waals surface area contributed by atoms with Crippen LogP contribution in [0, 0.1) is 17.0 Å². The first kappa shape index (κ1) is 15.8. The van der Waals surface area contributed by atoms with Crippen molar-refractivity contribution in [3.05, 3.63) is 75.3 Å². The van der Waals surface area contributed by atoms with Crippen molar-refractivity contribution in [2.24, 2.45) is 0 Å². The van der Waals surface area contributed by atoms with E-state index in [9.17, 15) is 14.9 Å². The summed E-state index contributed by atoms with van der Waals surface area (Å²) in [6, 6.07) is 13.7. The second-order valence-electron chi connectivity index (χ2n) is 6.91. The first-order valence-electron chi connectivity index (χ1n) is 8.34. The molecule has 1 fully saturated rings. The summed E-state index contributed by atoms with van der Waals surface area (Å²) in [5, 5.41) is 18.2. The van der Waals surface area contributed by atoms with Crippen molar-refractivity contribution in [1.29, 1.82) is 0 Å². The van der Waals surface area contributed by atoms with E-state index in [1.54, 1.807) is 12.1 Å². The molecule has 0 bridgehead atoms. The van der Waals surface area contributed by atoms with Gasteiger partial charge in [0, 0.05) is 22.2 Å². The molecule has 0 aliphatic carbocycles. The topological polar surface area (TPSA) is 84.3 Å². The number of amides is 1. The van der Waals surface area contributed by atoms with Gasteiger partial charge in [-0.3, -0.25) is 20.2 Å². The van der Waals surface area contributed by atoms with Gasteiger partial charge in [0.25, 0.3) is 11.9 Å². The summed E-state index contributed by atoms with van der Waals surface area (Å²) in [7, 11) is 0. The quantitative estimate of drug-likeness (QED) is 0.651. The lowest BCUT2D eigenvalue weighted by Crippen LogP contribution is -2.54. The van der Waals surface area contributed by atoms with Gasteiger partial charge in [0.05, 0.1) is 5.92 Å². The molecule has 0 saturated carbocycles. The third-order valence-electron chi connectivity index (χ3n) is 5.43. The predicted molar refractivity (Wildman–Crippen MR) is 94.0 cm³/mol. The van der Waals surface area contributed by atoms with Gasteiger partial charge < -0.3 is 5.32 Å². The number of nitrogens with one attached hydrogen (secondary N) is 2. The Kier molecular flexibility index (Phi) is 3.40. The summed E-state index contributed by atoms with van der Waals surface area (Å²) in [5.74, 6) is -0.746. The molecule has 25 heavy (non-hydrogen) atoms. The minimum atomic E-state index is -1.34. The Morgan fingerprint density at radius 3 is 2.48 bits per heavy atom. The SMILES string of the molecule is Cc1ccc([C@@H]2[C@H](C)N[C@]3(C(=O)Nc4ccccc43)[C@H]2[N+](=O)[O-])cc1. The van der Waals surface area contributed by atoms with Gasteiger partial charge in [-0.2, -0.15) is 0 Å². The third-order valence-corrected chi connectivity index (χ3v) is 5.43. The van der Waals surface area contributed by atoms with Crippen LogP contribution in [-0.4, -0.2) is 22.9 Å². The van der Waals surface area contributed by atoms with E-state index < -0.39 is 17.5 Å². The average molecular weight is 337 g/mol. The molecule has 0 radical (unpaired) electrons. The van der Waals surface area contributed by atoms with Crippen LogP contribution in [-0.2, 0) is 10.3 Å². The number of aryl methyl sites for hydroxylation is 1. The van der Waals surface area contributed by atoms with E-state index in [4.69, 9.17) is 0 Å². The normalized spacial score (nSPS) is 30.3. The summed E-state index contributed by atoms with van der Waals surface area (Å²) in [6.45, 7) is 3.89. The van der Waals surface area contributed by atoms with Crippen molar-refractivity contribution in [3.8, 4) is 0 Å². The molecule has 6 nitrogen and oxygen atoms in total. The molecule has 1 saturated heterocycles. The van der Waals surface area contributed by atoms with Gasteiger partial charge in [-0.05, 0) is 25.5 Å². The zero-order chi connectivity index (χ0) is 17.8. The van der Waals surface area contributed by atoms with Gasteiger partial charge in [0.1, 0.15) is 0 Å². The highest BCUT2D eigenvalue weighted by Gasteiger charge is 2.67. The summed E-state index contributed by atoms with van der Waals surface area (Å²) in [4.78, 5) is 24.7. The molecule has 128 valence electrons. The number of nitrogens with zero attached hydrogens (tertiary/aromatic N) is 1. The largest absolute Gasteiger partial charge is 0.324 e. The van der Waals surface area contributed by atoms with Crippen molar-refractivity contribution in [3.63, 3.8) is 0 Å². The molecule has 2 aromatic rings. The molecule has 0 aromatic heterocycles. The zero-order valence-electron chi connectivity index (χ0n) is 14.0. The minimum Gasteiger partial charge on any atom is -0.324 e. The Morgan fingerprint density at radius 1 is 1.12 bits per heavy atom. The number of rotatable bonds is 2. The van der Waals surface area contributed by atoms with Gasteiger partial charge in [0.15, 0.2) is 5.54 Å². The summed E-state index contributed by atoms with van der Waals surface area (Å²) >= 11 is 0. The Morgan fingerprint density at radius 2 is 1.80 bits per heavy atom. The number of para-hydroxylation sites is 1. The number of hydrogen-bond donors (Lipinski definition) is 2. The lowest BCUT2D eigenvalue weighted by molar-refractivity contribution is -0.532. The Balaban J connectivity index is 1.89. The number of fused-ring (bicyclic) bond motifs is 2. The number of nitro groups is 1. The number of benzene rings is 2. The highest BCUT2D eigenvalue weighted by atomic mass is 16.6. The number of carbonyl (C=O) groups excluding carboxylic acids is 1. The molecule has 4 rings (SSSR count). The first-order valence-corrected chi connectivity index (χ1v) is 8.34. The van der Waals surface area contributed by atoms with E-state index in [-0.39, 0.29) is 16.9 Å². The third kappa shape index (κ3) is 2.10. The maximum absolute atomic E-state index is 12.9. The molecule has 2 aromatic carbocycles. The van der Waals surface area contributed by atoms with Crippen LogP contribution >= 0.6 is 0 Å². The zero-order valence-corrected chi connectivity index (χ0v) is 14.0. The fourth-order valence-corrected chi connectivity index (χ4v) is 4.34. The van der Waals surface area contributed by atoms with Crippen molar-refractivity contribution in [2.75, 3.05) is 5.32 Å². The Hall–Kier alpha value is -2.73. The maximum atomic E-state index is 12.9. The second kappa shape index (κ2) is 5.39. The van der Waals surface area contributed by atoms with E-state index in [1.807, 2.05) is 50.2 Å². The number of carbonyl (C=O) groups is 1. The standard InChI is InChI=1S/C19H19N3O3/c1-11-7-9-13(10-8-11)16-12(2)21-19(17(16)22(24)25)14-5-3-4-6-15(14)20-18(19)23/h3-10,12,16-17,21H,1-2H3,(H,20,23)/t12-,16-,17-,19-/m0/s1. The average Bonchev–Trinajstić information content (AvgIpc) is 3.04. The Labute approximate surface area is 145 Å². The molecule has 2 N–H and O–H groups in total. The monoisotopic (exact) mass is 337 g/mol. The molecule has 2 aliphatic rings. The fourth-order valence-electron chi connectivity index (χ4n) is 4.34. The molecular weight excluding hydrogens is 318 g/mol. The fraction of sp³-hybridized carbons (Fsp3) is 0.316. The first-order chi connectivity index (χ1) is 11.9. The van der Waals surface area contributed by atoms with Gasteiger partial charge in [-0.1, -0.05) is 48.0 Å². The molecule has 4 atom stereocenters. The summed E-state index contributed by atoms with van der Waals surface area (Å²) in [6.07, 6.45) is 0. The highest BCUT2D eigenvalue weighted by Crippen LogP contribution is 2.49. The molecular formula is C19H19N3O3. The van der Waals surface area contributed by atoms with E-state index in [0.29, 0.717) is 11.3 Å². The van der Waals surface area contributed by atoms with Crippen molar-refractivity contribution < 1.29 is 9.72 Å². The van der Waals surface area contributed by atoms with Crippen LogP contribution in [0.15, 0.2) is 48.5 Å². The molecule has 1 spiro atoms. The lowest BCUT2D eigenvalue weighted by atomic mass is 9.78. The van der Waals surface area contributed by atoms with Crippen LogP contribution < -0.4 is 10.6 Å². The molecule has 6 heteroatoms. The van der Waals surface area contributed by atoms with Crippen LogP contribution in [0.2, 0.25) is 0 Å². The van der Waals surface area contributed by atoms with Gasteiger partial charge in [0.2, 0.25) is 0 Å². The smallest absolute Gasteiger partial charge is 0.256 e. The van der Waals surface area contributed by atoms with Gasteiger partial charge in [-0.15, -0.1) is 0 Å². The van der Waals surface area contributed by atoms with Crippen molar-refractivity contribution >= 4 is 11.6 Å². The lowest BCUT2D eigenvalue weighted by Gasteiger charge is -2.25. The molecule has 2 aliphatic heterocycles. The van der Waals surface area contributed by atoms with Crippen LogP contribution in [0.1, 0.15) is 29.5 Å². The second-order valence-corrected chi connectivity index (χ2v) is 6.91. The van der Waals surface area contributed by atoms with Crippen LogP contribution in [0.3, 0.4) is 0 Å². The molecule has 2 heterocycles. The summed E-state index contributed by atoms with van der Waals surface area (Å²) in [5.41, 5.74) is 1.93. The van der Waals surface area contributed by atoms with Crippen molar-refractivity contribution in [1.82, 2.24) is 5.32 Å².